The van der Waals surface area contributed by atoms with Crippen LogP contribution in [0.2, 0.25) is 5.28 Å². The lowest BCUT2D eigenvalue weighted by Gasteiger charge is -2.26. The number of ether oxygens (including phenoxy) is 1. The van der Waals surface area contributed by atoms with Crippen LogP contribution >= 0.6 is 26.8 Å². The number of nitrogens with zero attached hydrogens (tertiary/aromatic N) is 6. The molecule has 0 radical (unpaired) electrons. The molecule has 5 rings (SSSR count). The van der Waals surface area contributed by atoms with Crippen molar-refractivity contribution >= 4 is 43.8 Å². The lowest BCUT2D eigenvalue weighted by molar-refractivity contribution is -0.0549. The molecule has 0 saturated carbocycles. The first-order valence-electron chi connectivity index (χ1n) is 11.5. The molecule has 5 N–H and O–H groups in total. The fraction of sp³-hybridized carbons (Fsp3) is 0.500. The molecule has 0 amide bonds. The van der Waals surface area contributed by atoms with Crippen LogP contribution in [-0.4, -0.2) is 87.7 Å². The van der Waals surface area contributed by atoms with Crippen LogP contribution in [0.3, 0.4) is 0 Å². The van der Waals surface area contributed by atoms with Crippen molar-refractivity contribution in [2.24, 2.45) is 0 Å². The van der Waals surface area contributed by atoms with E-state index in [1.54, 1.807) is 0 Å². The number of benzene rings is 1. The van der Waals surface area contributed by atoms with E-state index in [-0.39, 0.29) is 22.5 Å². The van der Waals surface area contributed by atoms with Gasteiger partial charge in [-0.2, -0.15) is 14.6 Å². The maximum Gasteiger partial charge on any atom is 0.340 e. The molecular formula is C20H25ClN6O9P2. The molecule has 15 nitrogen and oxygen atoms in total. The topological polar surface area (TPSA) is 213 Å². The number of aliphatic hydroxyl groups is 2. The van der Waals surface area contributed by atoms with E-state index in [4.69, 9.17) is 30.6 Å². The molecule has 206 valence electrons. The highest BCUT2D eigenvalue weighted by atomic mass is 35.5. The molecule has 0 spiro atoms. The van der Waals surface area contributed by atoms with Gasteiger partial charge in [0, 0.05) is 7.05 Å². The molecule has 3 heterocycles. The van der Waals surface area contributed by atoms with E-state index >= 15 is 0 Å². The van der Waals surface area contributed by atoms with Gasteiger partial charge in [-0.15, -0.1) is 5.10 Å². The number of halogens is 1. The lowest BCUT2D eigenvalue weighted by atomic mass is 10.1. The van der Waals surface area contributed by atoms with Gasteiger partial charge in [0.2, 0.25) is 5.28 Å². The number of hydrogen-bond donors (Lipinski definition) is 5. The fourth-order valence-electron chi connectivity index (χ4n) is 4.82. The SMILES string of the molecule is CN(c1nc(Cl)nc2c1nnn2[C@@H]1O[C@H](COP(=O)(O)CP(=O)(O)O)[C@@H](O)[C@H]1O)[C@H]1CCc2ccccc21. The van der Waals surface area contributed by atoms with Gasteiger partial charge in [0.25, 0.3) is 0 Å². The number of aliphatic hydroxyl groups excluding tert-OH is 2. The third kappa shape index (κ3) is 5.36. The maximum absolute atomic E-state index is 12.0. The Morgan fingerprint density at radius 3 is 2.66 bits per heavy atom. The Morgan fingerprint density at radius 2 is 1.92 bits per heavy atom. The first kappa shape index (κ1) is 27.5. The fourth-order valence-corrected chi connectivity index (χ4v) is 7.55. The minimum Gasteiger partial charge on any atom is -0.387 e. The standard InChI is InChI=1S/C20H25ClN6O9P2/c1-26(12-7-6-10-4-2-3-5-11(10)12)17-14-18(23-20(21)22-17)27(25-24-14)19-16(29)15(28)13(36-19)8-35-38(33,34)9-37(30,31)32/h2-5,12-13,15-16,19,28-29H,6-9H2,1H3,(H,33,34)(H2,30,31,32)/t12-,13+,15+,16+,19+/m0/s1. The van der Waals surface area contributed by atoms with E-state index in [0.29, 0.717) is 5.82 Å². The van der Waals surface area contributed by atoms with Crippen LogP contribution in [0, 0.1) is 0 Å². The quantitative estimate of drug-likeness (QED) is 0.182. The third-order valence-corrected chi connectivity index (χ3v) is 10.2. The maximum atomic E-state index is 12.0. The minimum absolute atomic E-state index is 0.00418. The van der Waals surface area contributed by atoms with E-state index in [2.05, 4.69) is 32.4 Å². The highest BCUT2D eigenvalue weighted by molar-refractivity contribution is 7.70. The summed E-state index contributed by atoms with van der Waals surface area (Å²) in [5, 5.41) is 29.2. The molecule has 1 unspecified atom stereocenters. The van der Waals surface area contributed by atoms with Crippen LogP contribution < -0.4 is 4.90 Å². The van der Waals surface area contributed by atoms with Gasteiger partial charge in [-0.1, -0.05) is 29.5 Å². The minimum atomic E-state index is -4.84. The summed E-state index contributed by atoms with van der Waals surface area (Å²) in [5.74, 6) is -1.00. The number of aryl methyl sites for hydroxylation is 1. The molecule has 2 aliphatic rings. The molecule has 2 aromatic heterocycles. The second kappa shape index (κ2) is 10.2. The van der Waals surface area contributed by atoms with Crippen LogP contribution in [0.25, 0.3) is 11.2 Å². The third-order valence-electron chi connectivity index (χ3n) is 6.56. The van der Waals surface area contributed by atoms with Crippen molar-refractivity contribution in [2.75, 3.05) is 24.5 Å². The Hall–Kier alpha value is -2.03. The van der Waals surface area contributed by atoms with Crippen molar-refractivity contribution in [2.45, 2.75) is 43.4 Å². The predicted molar refractivity (Wildman–Crippen MR) is 133 cm³/mol. The molecule has 38 heavy (non-hydrogen) atoms. The number of fused-ring (bicyclic) bond motifs is 2. The molecule has 1 saturated heterocycles. The van der Waals surface area contributed by atoms with E-state index < -0.39 is 52.2 Å². The van der Waals surface area contributed by atoms with Crippen molar-refractivity contribution in [1.29, 1.82) is 0 Å². The summed E-state index contributed by atoms with van der Waals surface area (Å²) < 4.78 is 34.5. The summed E-state index contributed by atoms with van der Waals surface area (Å²) >= 11 is 6.24. The smallest absolute Gasteiger partial charge is 0.340 e. The van der Waals surface area contributed by atoms with Crippen molar-refractivity contribution in [1.82, 2.24) is 25.0 Å². The van der Waals surface area contributed by atoms with Crippen LogP contribution in [-0.2, 0) is 24.8 Å². The monoisotopic (exact) mass is 590 g/mol. The number of rotatable bonds is 8. The molecule has 1 aromatic carbocycles. The van der Waals surface area contributed by atoms with Gasteiger partial charge >= 0.3 is 15.2 Å². The van der Waals surface area contributed by atoms with Gasteiger partial charge in [-0.05, 0) is 35.6 Å². The van der Waals surface area contributed by atoms with Crippen LogP contribution in [0.5, 0.6) is 0 Å². The van der Waals surface area contributed by atoms with Gasteiger partial charge in [0.05, 0.1) is 12.6 Å². The van der Waals surface area contributed by atoms with Gasteiger partial charge in [-0.3, -0.25) is 9.13 Å². The normalized spacial score (nSPS) is 27.0. The summed E-state index contributed by atoms with van der Waals surface area (Å²) in [6.45, 7) is -0.736. The van der Waals surface area contributed by atoms with Crippen molar-refractivity contribution in [3.63, 3.8) is 0 Å². The molecule has 6 atom stereocenters. The Morgan fingerprint density at radius 1 is 1.18 bits per heavy atom. The first-order valence-corrected chi connectivity index (χ1v) is 15.4. The number of hydrogen-bond acceptors (Lipinski definition) is 11. The van der Waals surface area contributed by atoms with Gasteiger partial charge < -0.3 is 39.1 Å². The first-order chi connectivity index (χ1) is 17.8. The van der Waals surface area contributed by atoms with E-state index in [0.717, 1.165) is 23.1 Å². The molecule has 18 heteroatoms. The van der Waals surface area contributed by atoms with Crippen molar-refractivity contribution < 1.29 is 43.3 Å². The molecular weight excluding hydrogens is 566 g/mol. The summed E-state index contributed by atoms with van der Waals surface area (Å²) in [4.78, 5) is 38.1. The zero-order valence-electron chi connectivity index (χ0n) is 19.8. The average Bonchev–Trinajstić information content (AvgIpc) is 3.52. The molecule has 3 aromatic rings. The van der Waals surface area contributed by atoms with Crippen LogP contribution in [0.4, 0.5) is 5.82 Å². The van der Waals surface area contributed by atoms with E-state index in [1.165, 1.54) is 5.56 Å². The lowest BCUT2D eigenvalue weighted by Crippen LogP contribution is -2.33. The second-order valence-corrected chi connectivity index (χ2v) is 13.5. The largest absolute Gasteiger partial charge is 0.387 e. The Bertz CT molecular complexity index is 1450. The molecule has 0 bridgehead atoms. The second-order valence-electron chi connectivity index (χ2n) is 9.17. The Balaban J connectivity index is 1.40. The van der Waals surface area contributed by atoms with Gasteiger partial charge in [-0.25, -0.2) is 0 Å². The summed E-state index contributed by atoms with van der Waals surface area (Å²) in [5.41, 5.74) is 2.78. The Labute approximate surface area is 220 Å². The molecule has 1 aliphatic carbocycles. The van der Waals surface area contributed by atoms with E-state index in [9.17, 15) is 24.2 Å². The molecule has 1 fully saturated rings. The summed E-state index contributed by atoms with van der Waals surface area (Å²) in [7, 11) is -7.69. The predicted octanol–water partition coefficient (Wildman–Crippen LogP) is 0.955. The van der Waals surface area contributed by atoms with E-state index in [1.807, 2.05) is 24.1 Å². The summed E-state index contributed by atoms with van der Waals surface area (Å²) in [6, 6.07) is 8.09. The Kier molecular flexibility index (Phi) is 7.37. The molecule has 1 aliphatic heterocycles. The van der Waals surface area contributed by atoms with Crippen molar-refractivity contribution in [3.8, 4) is 0 Å². The van der Waals surface area contributed by atoms with Gasteiger partial charge in [0.15, 0.2) is 29.1 Å². The highest BCUT2D eigenvalue weighted by Crippen LogP contribution is 2.55. The zero-order chi connectivity index (χ0) is 27.4. The number of aromatic nitrogens is 5. The van der Waals surface area contributed by atoms with Crippen LogP contribution in [0.1, 0.15) is 29.8 Å². The average molecular weight is 591 g/mol. The van der Waals surface area contributed by atoms with Crippen molar-refractivity contribution in [3.05, 3.63) is 40.7 Å². The zero-order valence-corrected chi connectivity index (χ0v) is 22.4. The number of anilines is 1. The highest BCUT2D eigenvalue weighted by Gasteiger charge is 2.46. The van der Waals surface area contributed by atoms with Gasteiger partial charge in [0.1, 0.15) is 18.3 Å². The summed E-state index contributed by atoms with van der Waals surface area (Å²) in [6.07, 6.45) is -4.09. The van der Waals surface area contributed by atoms with Crippen LogP contribution in [0.15, 0.2) is 24.3 Å².